The molecule has 3 heteroatoms. The smallest absolute Gasteiger partial charge is 0.248 e. The first kappa shape index (κ1) is 15.3. The predicted octanol–water partition coefficient (Wildman–Crippen LogP) is 3.34. The van der Waals surface area contributed by atoms with Gasteiger partial charge in [0, 0.05) is 12.2 Å². The maximum Gasteiger partial charge on any atom is 0.248 e. The number of hydrogen-bond acceptors (Lipinski definition) is 2. The van der Waals surface area contributed by atoms with Crippen LogP contribution in [0, 0.1) is 0 Å². The zero-order valence-corrected chi connectivity index (χ0v) is 12.9. The summed E-state index contributed by atoms with van der Waals surface area (Å²) in [5, 5.41) is 0. The Labute approximate surface area is 126 Å². The maximum absolute atomic E-state index is 13.0. The van der Waals surface area contributed by atoms with Crippen LogP contribution in [0.1, 0.15) is 18.5 Å². The number of likely N-dealkylation sites (N-methyl/N-ethyl adjacent to an activating group) is 2. The van der Waals surface area contributed by atoms with Gasteiger partial charge in [0.15, 0.2) is 0 Å². The Morgan fingerprint density at radius 1 is 0.952 bits per heavy atom. The third-order valence-electron chi connectivity index (χ3n) is 3.52. The molecule has 0 heterocycles. The van der Waals surface area contributed by atoms with Crippen LogP contribution in [0.5, 0.6) is 0 Å². The summed E-state index contributed by atoms with van der Waals surface area (Å²) in [6, 6.07) is 19.5. The van der Waals surface area contributed by atoms with E-state index in [0.717, 1.165) is 11.3 Å². The van der Waals surface area contributed by atoms with Crippen molar-refractivity contribution < 1.29 is 4.79 Å². The van der Waals surface area contributed by atoms with Gasteiger partial charge < -0.3 is 4.90 Å². The molecular formula is C18H22N2O. The Morgan fingerprint density at radius 2 is 1.48 bits per heavy atom. The van der Waals surface area contributed by atoms with E-state index in [-0.39, 0.29) is 11.9 Å². The lowest BCUT2D eigenvalue weighted by atomic mass is 10.0. The summed E-state index contributed by atoms with van der Waals surface area (Å²) in [4.78, 5) is 16.8. The largest absolute Gasteiger partial charge is 0.311 e. The van der Waals surface area contributed by atoms with Crippen molar-refractivity contribution >= 4 is 11.6 Å². The van der Waals surface area contributed by atoms with Crippen LogP contribution in [0.4, 0.5) is 5.69 Å². The summed E-state index contributed by atoms with van der Waals surface area (Å²) in [6.07, 6.45) is 0. The van der Waals surface area contributed by atoms with Gasteiger partial charge in [-0.2, -0.15) is 0 Å². The maximum atomic E-state index is 13.0. The molecule has 1 atom stereocenters. The van der Waals surface area contributed by atoms with Gasteiger partial charge in [0.25, 0.3) is 0 Å². The van der Waals surface area contributed by atoms with Crippen molar-refractivity contribution in [3.8, 4) is 0 Å². The van der Waals surface area contributed by atoms with Crippen molar-refractivity contribution in [1.29, 1.82) is 0 Å². The molecule has 0 aromatic heterocycles. The van der Waals surface area contributed by atoms with Gasteiger partial charge in [0.1, 0.15) is 6.04 Å². The fourth-order valence-electron chi connectivity index (χ4n) is 2.52. The van der Waals surface area contributed by atoms with E-state index >= 15 is 0 Å². The molecule has 21 heavy (non-hydrogen) atoms. The molecule has 0 bridgehead atoms. The Hall–Kier alpha value is -2.13. The highest BCUT2D eigenvalue weighted by Crippen LogP contribution is 2.24. The summed E-state index contributed by atoms with van der Waals surface area (Å²) >= 11 is 0. The highest BCUT2D eigenvalue weighted by atomic mass is 16.2. The van der Waals surface area contributed by atoms with Crippen LogP contribution in [0.25, 0.3) is 0 Å². The second-order valence-corrected chi connectivity index (χ2v) is 5.19. The second kappa shape index (κ2) is 7.04. The van der Waals surface area contributed by atoms with Gasteiger partial charge in [-0.3, -0.25) is 9.69 Å². The quantitative estimate of drug-likeness (QED) is 0.839. The standard InChI is InChI=1S/C18H22N2O/c1-4-20(16-13-9-6-10-14-16)18(21)17(19(2)3)15-11-7-5-8-12-15/h5-14,17H,4H2,1-3H3. The minimum Gasteiger partial charge on any atom is -0.311 e. The SMILES string of the molecule is CCN(C(=O)C(c1ccccc1)N(C)C)c1ccccc1. The molecule has 3 nitrogen and oxygen atoms in total. The van der Waals surface area contributed by atoms with Gasteiger partial charge in [-0.25, -0.2) is 0 Å². The van der Waals surface area contributed by atoms with E-state index in [4.69, 9.17) is 0 Å². The van der Waals surface area contributed by atoms with Gasteiger partial charge in [-0.15, -0.1) is 0 Å². The normalized spacial score (nSPS) is 12.2. The topological polar surface area (TPSA) is 23.6 Å². The van der Waals surface area contributed by atoms with Crippen molar-refractivity contribution in [1.82, 2.24) is 4.90 Å². The van der Waals surface area contributed by atoms with Gasteiger partial charge in [-0.1, -0.05) is 48.5 Å². The third kappa shape index (κ3) is 3.50. The van der Waals surface area contributed by atoms with Crippen molar-refractivity contribution in [2.75, 3.05) is 25.5 Å². The molecule has 0 aliphatic heterocycles. The monoisotopic (exact) mass is 282 g/mol. The molecule has 1 amide bonds. The van der Waals surface area contributed by atoms with Gasteiger partial charge in [0.05, 0.1) is 0 Å². The minimum absolute atomic E-state index is 0.0971. The molecule has 0 aliphatic rings. The van der Waals surface area contributed by atoms with E-state index in [1.54, 1.807) is 0 Å². The minimum atomic E-state index is -0.272. The fourth-order valence-corrected chi connectivity index (χ4v) is 2.52. The lowest BCUT2D eigenvalue weighted by Gasteiger charge is -2.30. The van der Waals surface area contributed by atoms with Crippen LogP contribution in [0.2, 0.25) is 0 Å². The molecule has 110 valence electrons. The van der Waals surface area contributed by atoms with Crippen LogP contribution in [-0.2, 0) is 4.79 Å². The number of amides is 1. The highest BCUT2D eigenvalue weighted by Gasteiger charge is 2.27. The molecule has 2 aromatic rings. The Morgan fingerprint density at radius 3 is 1.95 bits per heavy atom. The zero-order chi connectivity index (χ0) is 15.2. The summed E-state index contributed by atoms with van der Waals surface area (Å²) < 4.78 is 0. The summed E-state index contributed by atoms with van der Waals surface area (Å²) in [5.74, 6) is 0.0971. The number of nitrogens with zero attached hydrogens (tertiary/aromatic N) is 2. The number of benzene rings is 2. The number of rotatable bonds is 5. The lowest BCUT2D eigenvalue weighted by molar-refractivity contribution is -0.123. The van der Waals surface area contributed by atoms with Crippen LogP contribution in [-0.4, -0.2) is 31.4 Å². The fraction of sp³-hybridized carbons (Fsp3) is 0.278. The van der Waals surface area contributed by atoms with Crippen molar-refractivity contribution in [2.24, 2.45) is 0 Å². The molecule has 2 rings (SSSR count). The molecule has 1 unspecified atom stereocenters. The third-order valence-corrected chi connectivity index (χ3v) is 3.52. The molecule has 0 spiro atoms. The van der Waals surface area contributed by atoms with E-state index in [9.17, 15) is 4.79 Å². The summed E-state index contributed by atoms with van der Waals surface area (Å²) in [6.45, 7) is 2.66. The molecule has 0 aliphatic carbocycles. The van der Waals surface area contributed by atoms with E-state index in [2.05, 4.69) is 0 Å². The number of hydrogen-bond donors (Lipinski definition) is 0. The van der Waals surface area contributed by atoms with E-state index in [0.29, 0.717) is 6.54 Å². The first-order chi connectivity index (χ1) is 10.1. The first-order valence-electron chi connectivity index (χ1n) is 7.23. The van der Waals surface area contributed by atoms with Crippen LogP contribution >= 0.6 is 0 Å². The first-order valence-corrected chi connectivity index (χ1v) is 7.23. The van der Waals surface area contributed by atoms with Crippen LogP contribution < -0.4 is 4.90 Å². The van der Waals surface area contributed by atoms with Gasteiger partial charge in [-0.05, 0) is 38.7 Å². The van der Waals surface area contributed by atoms with Gasteiger partial charge >= 0.3 is 0 Å². The van der Waals surface area contributed by atoms with Crippen LogP contribution in [0.15, 0.2) is 60.7 Å². The van der Waals surface area contributed by atoms with E-state index in [1.165, 1.54) is 0 Å². The highest BCUT2D eigenvalue weighted by molar-refractivity contribution is 5.97. The molecule has 0 saturated carbocycles. The second-order valence-electron chi connectivity index (χ2n) is 5.19. The van der Waals surface area contributed by atoms with Crippen molar-refractivity contribution in [3.63, 3.8) is 0 Å². The van der Waals surface area contributed by atoms with E-state index in [1.807, 2.05) is 91.5 Å². The molecule has 0 saturated heterocycles. The Bertz CT molecular complexity index is 566. The number of anilines is 1. The lowest BCUT2D eigenvalue weighted by Crippen LogP contribution is -2.40. The van der Waals surface area contributed by atoms with Crippen molar-refractivity contribution in [3.05, 3.63) is 66.2 Å². The molecule has 2 aromatic carbocycles. The number of carbonyl (C=O) groups is 1. The molecule has 0 fully saturated rings. The number of para-hydroxylation sites is 1. The predicted molar refractivity (Wildman–Crippen MR) is 87.3 cm³/mol. The summed E-state index contributed by atoms with van der Waals surface area (Å²) in [5.41, 5.74) is 1.95. The Balaban J connectivity index is 2.34. The molecule has 0 radical (unpaired) electrons. The van der Waals surface area contributed by atoms with E-state index < -0.39 is 0 Å². The van der Waals surface area contributed by atoms with Crippen LogP contribution in [0.3, 0.4) is 0 Å². The Kier molecular flexibility index (Phi) is 5.12. The summed E-state index contributed by atoms with van der Waals surface area (Å²) in [7, 11) is 3.88. The zero-order valence-electron chi connectivity index (χ0n) is 12.9. The number of carbonyl (C=O) groups excluding carboxylic acids is 1. The average Bonchev–Trinajstić information content (AvgIpc) is 2.50. The van der Waals surface area contributed by atoms with Gasteiger partial charge in [0.2, 0.25) is 5.91 Å². The average molecular weight is 282 g/mol. The molecular weight excluding hydrogens is 260 g/mol. The molecule has 0 N–H and O–H groups in total. The van der Waals surface area contributed by atoms with Crippen molar-refractivity contribution in [2.45, 2.75) is 13.0 Å².